The third kappa shape index (κ3) is 4.62. The van der Waals surface area contributed by atoms with E-state index in [2.05, 4.69) is 87.0 Å². The summed E-state index contributed by atoms with van der Waals surface area (Å²) in [5.74, 6) is 0.445. The van der Waals surface area contributed by atoms with Crippen molar-refractivity contribution in [3.05, 3.63) is 107 Å². The molecule has 3 nitrogen and oxygen atoms in total. The summed E-state index contributed by atoms with van der Waals surface area (Å²) in [7, 11) is 0. The molecule has 4 aromatic rings. The highest BCUT2D eigenvalue weighted by atomic mass is 16.2. The van der Waals surface area contributed by atoms with Crippen molar-refractivity contribution in [3.8, 4) is 0 Å². The Labute approximate surface area is 191 Å². The zero-order chi connectivity index (χ0) is 22.7. The number of hydrogen-bond donors (Lipinski definition) is 0. The summed E-state index contributed by atoms with van der Waals surface area (Å²) in [5, 5.41) is 2.11. The number of hydrogen-bond acceptors (Lipinski definition) is 1. The predicted molar refractivity (Wildman–Crippen MR) is 133 cm³/mol. The highest BCUT2D eigenvalue weighted by Gasteiger charge is 2.26. The van der Waals surface area contributed by atoms with Gasteiger partial charge >= 0.3 is 0 Å². The number of nitrogens with zero attached hydrogens (tertiary/aromatic N) is 2. The van der Waals surface area contributed by atoms with Crippen LogP contribution in [0.5, 0.6) is 0 Å². The van der Waals surface area contributed by atoms with Gasteiger partial charge in [-0.25, -0.2) is 0 Å². The van der Waals surface area contributed by atoms with Crippen molar-refractivity contribution in [1.82, 2.24) is 9.47 Å². The number of benzene rings is 3. The van der Waals surface area contributed by atoms with Gasteiger partial charge in [-0.3, -0.25) is 4.79 Å². The fourth-order valence-electron chi connectivity index (χ4n) is 4.26. The maximum Gasteiger partial charge on any atom is 0.255 e. The quantitative estimate of drug-likeness (QED) is 0.325. The van der Waals surface area contributed by atoms with Crippen molar-refractivity contribution >= 4 is 16.7 Å². The number of aromatic nitrogens is 1. The number of carbonyl (C=O) groups excluding carboxylic acids is 1. The molecule has 0 fully saturated rings. The van der Waals surface area contributed by atoms with Gasteiger partial charge in [0.05, 0.1) is 6.54 Å². The first-order valence-corrected chi connectivity index (χ1v) is 11.4. The molecule has 0 radical (unpaired) electrons. The smallest absolute Gasteiger partial charge is 0.255 e. The fraction of sp³-hybridized carbons (Fsp3) is 0.276. The Balaban J connectivity index is 1.67. The van der Waals surface area contributed by atoms with Crippen LogP contribution in [0.25, 0.3) is 10.8 Å². The monoisotopic (exact) mass is 424 g/mol. The predicted octanol–water partition coefficient (Wildman–Crippen LogP) is 6.68. The highest BCUT2D eigenvalue weighted by molar-refractivity contribution is 6.07. The van der Waals surface area contributed by atoms with Crippen LogP contribution in [0.4, 0.5) is 0 Å². The molecule has 0 aliphatic carbocycles. The molecule has 164 valence electrons. The molecule has 0 N–H and O–H groups in total. The largest absolute Gasteiger partial charge is 0.345 e. The lowest BCUT2D eigenvalue weighted by Gasteiger charge is -2.33. The first-order chi connectivity index (χ1) is 15.4. The second-order valence-electron chi connectivity index (χ2n) is 9.06. The van der Waals surface area contributed by atoms with Gasteiger partial charge in [-0.05, 0) is 54.3 Å². The first-order valence-electron chi connectivity index (χ1n) is 11.4. The zero-order valence-electron chi connectivity index (χ0n) is 19.5. The molecule has 1 amide bonds. The van der Waals surface area contributed by atoms with E-state index in [1.54, 1.807) is 0 Å². The normalized spacial score (nSPS) is 12.3. The molecule has 1 heterocycles. The molecule has 1 aromatic heterocycles. The van der Waals surface area contributed by atoms with Gasteiger partial charge in [0, 0.05) is 30.0 Å². The maximum absolute atomic E-state index is 13.9. The summed E-state index contributed by atoms with van der Waals surface area (Å²) in [6.45, 7) is 10.0. The minimum absolute atomic E-state index is 0.0892. The Bertz CT molecular complexity index is 1220. The van der Waals surface area contributed by atoms with E-state index in [9.17, 15) is 4.79 Å². The van der Waals surface area contributed by atoms with Crippen molar-refractivity contribution in [2.45, 2.75) is 46.8 Å². The van der Waals surface area contributed by atoms with Crippen molar-refractivity contribution in [2.24, 2.45) is 5.92 Å². The van der Waals surface area contributed by atoms with E-state index in [0.717, 1.165) is 28.6 Å². The van der Waals surface area contributed by atoms with Gasteiger partial charge in [0.1, 0.15) is 0 Å². The van der Waals surface area contributed by atoms with E-state index < -0.39 is 0 Å². The Kier molecular flexibility index (Phi) is 6.45. The second kappa shape index (κ2) is 9.44. The van der Waals surface area contributed by atoms with Crippen molar-refractivity contribution < 1.29 is 4.79 Å². The molecule has 0 aliphatic heterocycles. The van der Waals surface area contributed by atoms with E-state index in [0.29, 0.717) is 12.5 Å². The number of carbonyl (C=O) groups is 1. The number of amides is 1. The molecular weight excluding hydrogens is 392 g/mol. The number of aryl methyl sites for hydroxylation is 1. The van der Waals surface area contributed by atoms with Crippen molar-refractivity contribution in [1.29, 1.82) is 0 Å². The van der Waals surface area contributed by atoms with Crippen molar-refractivity contribution in [3.63, 3.8) is 0 Å². The first kappa shape index (κ1) is 21.9. The molecule has 0 saturated heterocycles. The van der Waals surface area contributed by atoms with Gasteiger partial charge < -0.3 is 9.47 Å². The van der Waals surface area contributed by atoms with Crippen molar-refractivity contribution in [2.75, 3.05) is 0 Å². The molecule has 32 heavy (non-hydrogen) atoms. The average Bonchev–Trinajstić information content (AvgIpc) is 3.22. The average molecular weight is 425 g/mol. The molecule has 1 atom stereocenters. The molecule has 0 aliphatic rings. The molecule has 0 spiro atoms. The second-order valence-corrected chi connectivity index (χ2v) is 9.06. The fourth-order valence-corrected chi connectivity index (χ4v) is 4.26. The Morgan fingerprint density at radius 1 is 0.906 bits per heavy atom. The SMILES string of the molecule is Cc1cccc(Cn2cccc2CN(C(=O)c2cccc3ccccc23)C(C)C(C)C)c1. The van der Waals surface area contributed by atoms with Crippen LogP contribution in [0, 0.1) is 12.8 Å². The standard InChI is InChI=1S/C29H32N2O/c1-21(2)23(4)31(29(32)28-16-8-13-25-12-5-6-15-27(25)28)20-26-14-9-17-30(26)19-24-11-7-10-22(3)18-24/h5-18,21,23H,19-20H2,1-4H3. The van der Waals surface area contributed by atoms with E-state index >= 15 is 0 Å². The maximum atomic E-state index is 13.9. The lowest BCUT2D eigenvalue weighted by atomic mass is 10.00. The summed E-state index contributed by atoms with van der Waals surface area (Å²) >= 11 is 0. The van der Waals surface area contributed by atoms with Gasteiger partial charge in [0.25, 0.3) is 5.91 Å². The van der Waals surface area contributed by atoms with Crippen LogP contribution < -0.4 is 0 Å². The van der Waals surface area contributed by atoms with E-state index in [-0.39, 0.29) is 11.9 Å². The topological polar surface area (TPSA) is 25.2 Å². The van der Waals surface area contributed by atoms with Crippen LogP contribution in [0.2, 0.25) is 0 Å². The number of rotatable bonds is 7. The minimum atomic E-state index is 0.0892. The molecule has 4 rings (SSSR count). The van der Waals surface area contributed by atoms with Crippen LogP contribution in [-0.4, -0.2) is 21.4 Å². The molecule has 0 bridgehead atoms. The van der Waals surface area contributed by atoms with E-state index in [1.807, 2.05) is 35.2 Å². The molecule has 1 unspecified atom stereocenters. The molecule has 3 heteroatoms. The number of fused-ring (bicyclic) bond motifs is 1. The third-order valence-corrected chi connectivity index (χ3v) is 6.43. The Morgan fingerprint density at radius 2 is 1.66 bits per heavy atom. The Morgan fingerprint density at radius 3 is 2.44 bits per heavy atom. The van der Waals surface area contributed by atoms with E-state index in [4.69, 9.17) is 0 Å². The molecular formula is C29H32N2O. The summed E-state index contributed by atoms with van der Waals surface area (Å²) in [5.41, 5.74) is 4.45. The summed E-state index contributed by atoms with van der Waals surface area (Å²) in [4.78, 5) is 15.9. The van der Waals surface area contributed by atoms with Gasteiger partial charge in [0.2, 0.25) is 0 Å². The molecule has 0 saturated carbocycles. The van der Waals surface area contributed by atoms with Crippen LogP contribution in [0.1, 0.15) is 48.0 Å². The zero-order valence-corrected chi connectivity index (χ0v) is 19.5. The van der Waals surface area contributed by atoms with Crippen LogP contribution >= 0.6 is 0 Å². The third-order valence-electron chi connectivity index (χ3n) is 6.43. The summed E-state index contributed by atoms with van der Waals surface area (Å²) < 4.78 is 2.26. The van der Waals surface area contributed by atoms with Crippen LogP contribution in [-0.2, 0) is 13.1 Å². The molecule has 3 aromatic carbocycles. The van der Waals surface area contributed by atoms with Crippen LogP contribution in [0.15, 0.2) is 85.1 Å². The van der Waals surface area contributed by atoms with Gasteiger partial charge in [-0.2, -0.15) is 0 Å². The lowest BCUT2D eigenvalue weighted by Crippen LogP contribution is -2.41. The van der Waals surface area contributed by atoms with Crippen LogP contribution in [0.3, 0.4) is 0 Å². The van der Waals surface area contributed by atoms with Gasteiger partial charge in [0.15, 0.2) is 0 Å². The summed E-state index contributed by atoms with van der Waals surface area (Å²) in [6.07, 6.45) is 2.11. The van der Waals surface area contributed by atoms with E-state index in [1.165, 1.54) is 11.1 Å². The minimum Gasteiger partial charge on any atom is -0.345 e. The van der Waals surface area contributed by atoms with Gasteiger partial charge in [-0.15, -0.1) is 0 Å². The lowest BCUT2D eigenvalue weighted by molar-refractivity contribution is 0.0625. The van der Waals surface area contributed by atoms with Gasteiger partial charge in [-0.1, -0.05) is 80.1 Å². The Hall–Kier alpha value is -3.33. The summed E-state index contributed by atoms with van der Waals surface area (Å²) in [6, 6.07) is 27.1. The highest BCUT2D eigenvalue weighted by Crippen LogP contribution is 2.24.